The van der Waals surface area contributed by atoms with Crippen LogP contribution in [0.2, 0.25) is 0 Å². The summed E-state index contributed by atoms with van der Waals surface area (Å²) in [4.78, 5) is 2.32. The lowest BCUT2D eigenvalue weighted by molar-refractivity contribution is 0.669. The van der Waals surface area contributed by atoms with E-state index in [1.807, 2.05) is 12.1 Å². The van der Waals surface area contributed by atoms with Crippen molar-refractivity contribution in [1.82, 2.24) is 4.57 Å². The summed E-state index contributed by atoms with van der Waals surface area (Å²) in [5.41, 5.74) is 13.1. The molecule has 0 saturated heterocycles. The summed E-state index contributed by atoms with van der Waals surface area (Å²) < 4.78 is 9.06. The first kappa shape index (κ1) is 33.3. The van der Waals surface area contributed by atoms with Gasteiger partial charge in [0.1, 0.15) is 5.58 Å². The van der Waals surface area contributed by atoms with E-state index in [9.17, 15) is 0 Å². The fourth-order valence-corrected chi connectivity index (χ4v) is 9.11. The molecule has 0 bridgehead atoms. The van der Waals surface area contributed by atoms with Crippen LogP contribution in [0.15, 0.2) is 223 Å². The van der Waals surface area contributed by atoms with Gasteiger partial charge in [-0.25, -0.2) is 0 Å². The predicted molar refractivity (Wildman–Crippen MR) is 249 cm³/mol. The highest BCUT2D eigenvalue weighted by Crippen LogP contribution is 2.44. The lowest BCUT2D eigenvalue weighted by atomic mass is 10.0. The number of hydrogen-bond acceptors (Lipinski definition) is 2. The van der Waals surface area contributed by atoms with Crippen molar-refractivity contribution in [2.45, 2.75) is 0 Å². The summed E-state index contributed by atoms with van der Waals surface area (Å²) in [7, 11) is 0. The van der Waals surface area contributed by atoms with Crippen LogP contribution in [0.1, 0.15) is 0 Å². The van der Waals surface area contributed by atoms with Crippen LogP contribution in [0.5, 0.6) is 0 Å². The van der Waals surface area contributed by atoms with Gasteiger partial charge in [0.25, 0.3) is 0 Å². The van der Waals surface area contributed by atoms with Crippen LogP contribution in [0.4, 0.5) is 17.1 Å². The van der Waals surface area contributed by atoms with Gasteiger partial charge in [-0.15, -0.1) is 0 Å². The first-order valence-electron chi connectivity index (χ1n) is 20.2. The van der Waals surface area contributed by atoms with Gasteiger partial charge in [0, 0.05) is 44.0 Å². The van der Waals surface area contributed by atoms with Crippen LogP contribution in [0, 0.1) is 0 Å². The second-order valence-electron chi connectivity index (χ2n) is 15.3. The molecule has 276 valence electrons. The second-order valence-corrected chi connectivity index (χ2v) is 15.3. The number of anilines is 3. The third-order valence-corrected chi connectivity index (χ3v) is 12.0. The van der Waals surface area contributed by atoms with Gasteiger partial charge < -0.3 is 13.9 Å². The molecular formula is C56H36N2O. The summed E-state index contributed by atoms with van der Waals surface area (Å²) in [5.74, 6) is 0. The fraction of sp³-hybridized carbons (Fsp3) is 0. The van der Waals surface area contributed by atoms with Gasteiger partial charge in [-0.1, -0.05) is 158 Å². The van der Waals surface area contributed by atoms with Crippen molar-refractivity contribution < 1.29 is 4.42 Å². The van der Waals surface area contributed by atoms with E-state index in [0.29, 0.717) is 0 Å². The highest BCUT2D eigenvalue weighted by Gasteiger charge is 2.20. The molecule has 10 aromatic carbocycles. The summed E-state index contributed by atoms with van der Waals surface area (Å²) in [6.45, 7) is 0. The molecule has 0 saturated carbocycles. The van der Waals surface area contributed by atoms with Crippen molar-refractivity contribution in [2.75, 3.05) is 4.90 Å². The molecule has 0 aliphatic carbocycles. The molecule has 2 heterocycles. The Morgan fingerprint density at radius 2 is 0.932 bits per heavy atom. The van der Waals surface area contributed by atoms with E-state index < -0.39 is 0 Å². The predicted octanol–water partition coefficient (Wildman–Crippen LogP) is 15.8. The molecule has 0 fully saturated rings. The van der Waals surface area contributed by atoms with Crippen molar-refractivity contribution in [3.63, 3.8) is 0 Å². The molecule has 0 aliphatic rings. The smallest absolute Gasteiger partial charge is 0.159 e. The van der Waals surface area contributed by atoms with Gasteiger partial charge in [-0.3, -0.25) is 0 Å². The van der Waals surface area contributed by atoms with E-state index in [2.05, 4.69) is 216 Å². The average molecular weight is 753 g/mol. The van der Waals surface area contributed by atoms with E-state index in [1.165, 1.54) is 60.0 Å². The second kappa shape index (κ2) is 13.4. The Balaban J connectivity index is 0.991. The van der Waals surface area contributed by atoms with Crippen molar-refractivity contribution >= 4 is 82.4 Å². The monoisotopic (exact) mass is 752 g/mol. The molecule has 3 nitrogen and oxygen atoms in total. The van der Waals surface area contributed by atoms with Gasteiger partial charge in [0.05, 0.1) is 16.7 Å². The summed E-state index contributed by atoms with van der Waals surface area (Å²) >= 11 is 0. The van der Waals surface area contributed by atoms with Gasteiger partial charge in [0.15, 0.2) is 5.58 Å². The van der Waals surface area contributed by atoms with Crippen LogP contribution in [0.25, 0.3) is 93.2 Å². The van der Waals surface area contributed by atoms with Gasteiger partial charge >= 0.3 is 0 Å². The Bertz CT molecular complexity index is 3540. The van der Waals surface area contributed by atoms with E-state index in [4.69, 9.17) is 4.42 Å². The van der Waals surface area contributed by atoms with Crippen molar-refractivity contribution in [2.24, 2.45) is 0 Å². The van der Waals surface area contributed by atoms with Crippen molar-refractivity contribution in [3.05, 3.63) is 218 Å². The van der Waals surface area contributed by atoms with Crippen LogP contribution >= 0.6 is 0 Å². The standard InChI is InChI=1S/C56H36N2O/c1-2-14-44(15-3-1)58-53-36-43(28-33-48(53)50-34-27-40-12-6-7-16-47(40)55(50)58)39-25-31-46(32-26-39)57(52-19-10-18-51-49-17-8-9-20-54(49)59-56(51)52)45-29-23-38(24-30-45)42-22-21-37-11-4-5-13-41(37)35-42/h1-36H. The molecule has 0 radical (unpaired) electrons. The van der Waals surface area contributed by atoms with Gasteiger partial charge in [0.2, 0.25) is 0 Å². The van der Waals surface area contributed by atoms with E-state index in [-0.39, 0.29) is 0 Å². The average Bonchev–Trinajstić information content (AvgIpc) is 3.86. The lowest BCUT2D eigenvalue weighted by Crippen LogP contribution is -2.10. The van der Waals surface area contributed by atoms with E-state index in [1.54, 1.807) is 0 Å². The normalized spacial score (nSPS) is 11.7. The topological polar surface area (TPSA) is 21.3 Å². The minimum atomic E-state index is 0.864. The quantitative estimate of drug-likeness (QED) is 0.169. The highest BCUT2D eigenvalue weighted by molar-refractivity contribution is 6.19. The molecule has 12 aromatic rings. The molecule has 0 atom stereocenters. The zero-order valence-electron chi connectivity index (χ0n) is 32.1. The molecule has 0 spiro atoms. The van der Waals surface area contributed by atoms with Crippen LogP contribution in [-0.2, 0) is 0 Å². The number of benzene rings is 10. The van der Waals surface area contributed by atoms with Gasteiger partial charge in [-0.05, 0) is 99.1 Å². The zero-order valence-corrected chi connectivity index (χ0v) is 32.1. The Labute approximate surface area is 341 Å². The summed E-state index contributed by atoms with van der Waals surface area (Å²) in [5, 5.41) is 9.68. The number of para-hydroxylation sites is 3. The number of fused-ring (bicyclic) bond motifs is 9. The van der Waals surface area contributed by atoms with E-state index >= 15 is 0 Å². The third-order valence-electron chi connectivity index (χ3n) is 12.0. The van der Waals surface area contributed by atoms with E-state index in [0.717, 1.165) is 50.3 Å². The largest absolute Gasteiger partial charge is 0.454 e. The third kappa shape index (κ3) is 5.44. The Morgan fingerprint density at radius 1 is 0.356 bits per heavy atom. The van der Waals surface area contributed by atoms with Crippen molar-refractivity contribution in [1.29, 1.82) is 0 Å². The minimum absolute atomic E-state index is 0.864. The maximum atomic E-state index is 6.63. The number of rotatable bonds is 6. The Hall–Kier alpha value is -7.88. The molecule has 0 amide bonds. The van der Waals surface area contributed by atoms with Crippen LogP contribution < -0.4 is 4.90 Å². The zero-order chi connectivity index (χ0) is 38.9. The summed E-state index contributed by atoms with van der Waals surface area (Å²) in [6.07, 6.45) is 0. The van der Waals surface area contributed by atoms with Gasteiger partial charge in [-0.2, -0.15) is 0 Å². The molecule has 0 aliphatic heterocycles. The fourth-order valence-electron chi connectivity index (χ4n) is 9.11. The maximum absolute atomic E-state index is 6.63. The molecular weight excluding hydrogens is 717 g/mol. The SMILES string of the molecule is c1ccc(-n2c3cc(-c4ccc(N(c5ccc(-c6ccc7ccccc7c6)cc5)c5cccc6c5oc5ccccc56)cc4)ccc3c3ccc4ccccc4c32)cc1. The van der Waals surface area contributed by atoms with Crippen LogP contribution in [0.3, 0.4) is 0 Å². The lowest BCUT2D eigenvalue weighted by Gasteiger charge is -2.26. The Kier molecular flexibility index (Phi) is 7.54. The molecule has 0 N–H and O–H groups in total. The molecule has 0 unspecified atom stereocenters. The Morgan fingerprint density at radius 3 is 1.71 bits per heavy atom. The maximum Gasteiger partial charge on any atom is 0.159 e. The van der Waals surface area contributed by atoms with Crippen molar-refractivity contribution in [3.8, 4) is 27.9 Å². The molecule has 59 heavy (non-hydrogen) atoms. The minimum Gasteiger partial charge on any atom is -0.454 e. The first-order chi connectivity index (χ1) is 29.2. The number of furan rings is 1. The first-order valence-corrected chi connectivity index (χ1v) is 20.2. The molecule has 12 rings (SSSR count). The number of hydrogen-bond donors (Lipinski definition) is 0. The van der Waals surface area contributed by atoms with Crippen LogP contribution in [-0.4, -0.2) is 4.57 Å². The highest BCUT2D eigenvalue weighted by atomic mass is 16.3. The molecule has 2 aromatic heterocycles. The molecule has 3 heteroatoms. The number of nitrogens with zero attached hydrogens (tertiary/aromatic N) is 2. The number of aromatic nitrogens is 1. The summed E-state index contributed by atoms with van der Waals surface area (Å²) in [6, 6.07) is 78.7.